The number of aryl methyl sites for hydroxylation is 1. The van der Waals surface area contributed by atoms with Crippen molar-refractivity contribution in [3.63, 3.8) is 0 Å². The third kappa shape index (κ3) is 2.39. The van der Waals surface area contributed by atoms with Gasteiger partial charge in [0.05, 0.1) is 5.69 Å². The first-order valence-electron chi connectivity index (χ1n) is 5.10. The summed E-state index contributed by atoms with van der Waals surface area (Å²) in [6.07, 6.45) is 0.527. The van der Waals surface area contributed by atoms with Crippen molar-refractivity contribution in [1.29, 1.82) is 0 Å². The van der Waals surface area contributed by atoms with Crippen molar-refractivity contribution in [2.45, 2.75) is 13.3 Å². The van der Waals surface area contributed by atoms with Crippen LogP contribution >= 0.6 is 15.9 Å². The van der Waals surface area contributed by atoms with Crippen molar-refractivity contribution in [1.82, 2.24) is 4.98 Å². The maximum atomic E-state index is 10.9. The number of nitrogens with zero attached hydrogens (tertiary/aromatic N) is 1. The van der Waals surface area contributed by atoms with Crippen LogP contribution in [0.1, 0.15) is 23.2 Å². The van der Waals surface area contributed by atoms with Crippen molar-refractivity contribution in [2.75, 3.05) is 0 Å². The Balaban J connectivity index is 2.50. The van der Waals surface area contributed by atoms with Crippen molar-refractivity contribution in [2.24, 2.45) is 0 Å². The van der Waals surface area contributed by atoms with Gasteiger partial charge >= 0.3 is 5.97 Å². The van der Waals surface area contributed by atoms with Crippen molar-refractivity contribution in [3.8, 4) is 11.5 Å². The van der Waals surface area contributed by atoms with E-state index in [2.05, 4.69) is 20.9 Å². The van der Waals surface area contributed by atoms with E-state index < -0.39 is 5.97 Å². The Kier molecular flexibility index (Phi) is 3.28. The quantitative estimate of drug-likeness (QED) is 0.943. The summed E-state index contributed by atoms with van der Waals surface area (Å²) in [5.74, 6) is -0.835. The second kappa shape index (κ2) is 4.71. The van der Waals surface area contributed by atoms with Gasteiger partial charge in [-0.05, 0) is 24.6 Å². The number of halogens is 1. The molecular formula is C12H10BrNO3. The highest BCUT2D eigenvalue weighted by Crippen LogP contribution is 2.25. The zero-order chi connectivity index (χ0) is 12.4. The van der Waals surface area contributed by atoms with Gasteiger partial charge < -0.3 is 9.52 Å². The normalized spacial score (nSPS) is 10.5. The molecule has 0 radical (unpaired) electrons. The molecule has 0 saturated heterocycles. The zero-order valence-corrected chi connectivity index (χ0v) is 10.7. The van der Waals surface area contributed by atoms with Gasteiger partial charge in [0.1, 0.15) is 0 Å². The average Bonchev–Trinajstić information content (AvgIpc) is 2.73. The number of aromatic nitrogens is 1. The fraction of sp³-hybridized carbons (Fsp3) is 0.167. The van der Waals surface area contributed by atoms with E-state index in [9.17, 15) is 4.79 Å². The minimum Gasteiger partial charge on any atom is -0.475 e. The number of rotatable bonds is 3. The molecule has 0 atom stereocenters. The second-order valence-corrected chi connectivity index (χ2v) is 4.38. The molecule has 2 aromatic rings. The molecule has 4 nitrogen and oxygen atoms in total. The van der Waals surface area contributed by atoms with Crippen LogP contribution in [-0.2, 0) is 6.42 Å². The molecule has 1 N–H and O–H groups in total. The SMILES string of the molecule is CCc1nc(-c2cccc(Br)c2)oc1C(=O)O. The summed E-state index contributed by atoms with van der Waals surface area (Å²) in [5, 5.41) is 8.97. The molecule has 0 aliphatic rings. The molecule has 1 aromatic carbocycles. The molecule has 1 heterocycles. The van der Waals surface area contributed by atoms with E-state index in [0.717, 1.165) is 10.0 Å². The first-order valence-corrected chi connectivity index (χ1v) is 5.90. The Hall–Kier alpha value is -1.62. The van der Waals surface area contributed by atoms with E-state index >= 15 is 0 Å². The third-order valence-electron chi connectivity index (χ3n) is 2.30. The predicted octanol–water partition coefficient (Wildman–Crippen LogP) is 3.36. The number of hydrogen-bond acceptors (Lipinski definition) is 3. The van der Waals surface area contributed by atoms with Gasteiger partial charge in [-0.1, -0.05) is 28.9 Å². The lowest BCUT2D eigenvalue weighted by Crippen LogP contribution is -1.98. The maximum absolute atomic E-state index is 10.9. The van der Waals surface area contributed by atoms with Gasteiger partial charge in [0, 0.05) is 10.0 Å². The van der Waals surface area contributed by atoms with Crippen LogP contribution in [0.3, 0.4) is 0 Å². The van der Waals surface area contributed by atoms with Crippen LogP contribution in [-0.4, -0.2) is 16.1 Å². The summed E-state index contributed by atoms with van der Waals surface area (Å²) in [6, 6.07) is 7.37. The largest absolute Gasteiger partial charge is 0.475 e. The lowest BCUT2D eigenvalue weighted by molar-refractivity contribution is 0.0662. The minimum atomic E-state index is -1.09. The van der Waals surface area contributed by atoms with Crippen LogP contribution in [0.25, 0.3) is 11.5 Å². The van der Waals surface area contributed by atoms with Crippen LogP contribution in [0.15, 0.2) is 33.2 Å². The molecule has 0 amide bonds. The highest BCUT2D eigenvalue weighted by molar-refractivity contribution is 9.10. The number of carbonyl (C=O) groups is 1. The Morgan fingerprint density at radius 1 is 1.53 bits per heavy atom. The Morgan fingerprint density at radius 2 is 2.29 bits per heavy atom. The molecule has 5 heteroatoms. The molecule has 0 spiro atoms. The van der Waals surface area contributed by atoms with Crippen LogP contribution in [0.2, 0.25) is 0 Å². The van der Waals surface area contributed by atoms with E-state index in [1.54, 1.807) is 0 Å². The van der Waals surface area contributed by atoms with Gasteiger partial charge in [0.25, 0.3) is 0 Å². The molecule has 17 heavy (non-hydrogen) atoms. The monoisotopic (exact) mass is 295 g/mol. The van der Waals surface area contributed by atoms with Crippen LogP contribution in [0.5, 0.6) is 0 Å². The van der Waals surface area contributed by atoms with E-state index in [-0.39, 0.29) is 5.76 Å². The summed E-state index contributed by atoms with van der Waals surface area (Å²) >= 11 is 3.34. The number of carboxylic acids is 1. The van der Waals surface area contributed by atoms with Crippen LogP contribution in [0.4, 0.5) is 0 Å². The highest BCUT2D eigenvalue weighted by atomic mass is 79.9. The van der Waals surface area contributed by atoms with Gasteiger partial charge in [0.15, 0.2) is 0 Å². The Morgan fingerprint density at radius 3 is 2.82 bits per heavy atom. The zero-order valence-electron chi connectivity index (χ0n) is 9.11. The Bertz CT molecular complexity index is 563. The molecule has 0 saturated carbocycles. The van der Waals surface area contributed by atoms with Gasteiger partial charge in [0.2, 0.25) is 11.7 Å². The van der Waals surface area contributed by atoms with Crippen molar-refractivity contribution < 1.29 is 14.3 Å². The fourth-order valence-corrected chi connectivity index (χ4v) is 1.90. The highest BCUT2D eigenvalue weighted by Gasteiger charge is 2.18. The maximum Gasteiger partial charge on any atom is 0.373 e. The van der Waals surface area contributed by atoms with Gasteiger partial charge in [-0.2, -0.15) is 0 Å². The smallest absolute Gasteiger partial charge is 0.373 e. The van der Waals surface area contributed by atoms with Crippen LogP contribution < -0.4 is 0 Å². The average molecular weight is 296 g/mol. The number of oxazole rings is 1. The predicted molar refractivity (Wildman–Crippen MR) is 66.0 cm³/mol. The summed E-state index contributed by atoms with van der Waals surface area (Å²) in [7, 11) is 0. The molecule has 1 aromatic heterocycles. The van der Waals surface area contributed by atoms with Crippen molar-refractivity contribution >= 4 is 21.9 Å². The lowest BCUT2D eigenvalue weighted by atomic mass is 10.2. The van der Waals surface area contributed by atoms with Crippen molar-refractivity contribution in [3.05, 3.63) is 40.2 Å². The fourth-order valence-electron chi connectivity index (χ4n) is 1.50. The van der Waals surface area contributed by atoms with E-state index in [0.29, 0.717) is 18.0 Å². The van der Waals surface area contributed by atoms with E-state index in [4.69, 9.17) is 9.52 Å². The molecule has 0 bridgehead atoms. The molecule has 0 aliphatic carbocycles. The van der Waals surface area contributed by atoms with Gasteiger partial charge in [-0.15, -0.1) is 0 Å². The number of hydrogen-bond donors (Lipinski definition) is 1. The number of aromatic carboxylic acids is 1. The summed E-state index contributed by atoms with van der Waals surface area (Å²) < 4.78 is 6.17. The number of benzene rings is 1. The molecule has 88 valence electrons. The standard InChI is InChI=1S/C12H10BrNO3/c1-2-9-10(12(15)16)17-11(14-9)7-4-3-5-8(13)6-7/h3-6H,2H2,1H3,(H,15,16). The molecule has 0 aliphatic heterocycles. The first kappa shape index (κ1) is 11.9. The topological polar surface area (TPSA) is 63.3 Å². The van der Waals surface area contributed by atoms with Crippen LogP contribution in [0, 0.1) is 0 Å². The van der Waals surface area contributed by atoms with Gasteiger partial charge in [-0.25, -0.2) is 9.78 Å². The van der Waals surface area contributed by atoms with E-state index in [1.807, 2.05) is 31.2 Å². The molecule has 0 fully saturated rings. The third-order valence-corrected chi connectivity index (χ3v) is 2.79. The Labute approximate surface area is 106 Å². The minimum absolute atomic E-state index is 0.0810. The number of carboxylic acid groups (broad SMARTS) is 1. The molecule has 0 unspecified atom stereocenters. The summed E-state index contributed by atoms with van der Waals surface area (Å²) in [6.45, 7) is 1.84. The first-order chi connectivity index (χ1) is 8.11. The summed E-state index contributed by atoms with van der Waals surface area (Å²) in [5.41, 5.74) is 1.22. The second-order valence-electron chi connectivity index (χ2n) is 3.46. The lowest BCUT2D eigenvalue weighted by Gasteiger charge is -1.95. The molecular weight excluding hydrogens is 286 g/mol. The van der Waals surface area contributed by atoms with E-state index in [1.165, 1.54) is 0 Å². The summed E-state index contributed by atoms with van der Waals surface area (Å²) in [4.78, 5) is 15.1. The van der Waals surface area contributed by atoms with Gasteiger partial charge in [-0.3, -0.25) is 0 Å². The molecule has 2 rings (SSSR count).